The summed E-state index contributed by atoms with van der Waals surface area (Å²) in [5.74, 6) is 6.63. The van der Waals surface area contributed by atoms with Crippen LogP contribution < -0.4 is 11.1 Å². The van der Waals surface area contributed by atoms with Gasteiger partial charge in [-0.1, -0.05) is 17.9 Å². The number of nitrogens with two attached hydrogens (primary N) is 1. The van der Waals surface area contributed by atoms with Crippen LogP contribution in [0.1, 0.15) is 51.5 Å². The highest BCUT2D eigenvalue weighted by Gasteiger charge is 2.19. The number of likely N-dealkylation sites (tertiary alicyclic amines) is 1. The van der Waals surface area contributed by atoms with Crippen molar-refractivity contribution < 1.29 is 4.79 Å². The third-order valence-corrected chi connectivity index (χ3v) is 7.51. The number of aryl methyl sites for hydroxylation is 1. The molecule has 4 aromatic rings. The Bertz CT molecular complexity index is 1460. The van der Waals surface area contributed by atoms with Gasteiger partial charge in [0.15, 0.2) is 0 Å². The zero-order valence-electron chi connectivity index (χ0n) is 21.1. The van der Waals surface area contributed by atoms with Gasteiger partial charge in [0.2, 0.25) is 0 Å². The molecule has 0 bridgehead atoms. The second-order valence-corrected chi connectivity index (χ2v) is 10.3. The van der Waals surface area contributed by atoms with E-state index in [1.165, 1.54) is 0 Å². The van der Waals surface area contributed by atoms with Crippen molar-refractivity contribution in [2.24, 2.45) is 0 Å². The first kappa shape index (κ1) is 24.8. The number of nitrogen functional groups attached to an aromatic ring is 1. The second-order valence-electron chi connectivity index (χ2n) is 9.49. The van der Waals surface area contributed by atoms with Crippen molar-refractivity contribution in [3.8, 4) is 23.0 Å². The maximum absolute atomic E-state index is 12.7. The molecule has 3 aromatic heterocycles. The zero-order valence-corrected chi connectivity index (χ0v) is 21.9. The first-order valence-corrected chi connectivity index (χ1v) is 13.3. The van der Waals surface area contributed by atoms with Crippen LogP contribution in [0.3, 0.4) is 0 Å². The van der Waals surface area contributed by atoms with Gasteiger partial charge in [-0.2, -0.15) is 16.4 Å². The maximum atomic E-state index is 12.7. The number of aromatic nitrogens is 3. The van der Waals surface area contributed by atoms with Crippen molar-refractivity contribution in [2.75, 3.05) is 25.9 Å². The van der Waals surface area contributed by atoms with E-state index in [1.54, 1.807) is 17.5 Å². The number of carbonyl (C=O) groups is 1. The Kier molecular flexibility index (Phi) is 7.35. The summed E-state index contributed by atoms with van der Waals surface area (Å²) in [6.07, 6.45) is 7.92. The van der Waals surface area contributed by atoms with Gasteiger partial charge in [-0.15, -0.1) is 0 Å². The molecule has 4 heterocycles. The average Bonchev–Trinajstić information content (AvgIpc) is 3.61. The van der Waals surface area contributed by atoms with Gasteiger partial charge >= 0.3 is 0 Å². The van der Waals surface area contributed by atoms with E-state index in [2.05, 4.69) is 50.1 Å². The molecule has 1 aliphatic rings. The second kappa shape index (κ2) is 11.0. The number of amides is 1. The normalized spacial score (nSPS) is 14.2. The fourth-order valence-electron chi connectivity index (χ4n) is 4.39. The average molecular weight is 511 g/mol. The monoisotopic (exact) mass is 510 g/mol. The van der Waals surface area contributed by atoms with Crippen LogP contribution >= 0.6 is 11.3 Å². The van der Waals surface area contributed by atoms with Gasteiger partial charge in [-0.3, -0.25) is 9.48 Å². The number of piperidine rings is 1. The predicted molar refractivity (Wildman–Crippen MR) is 148 cm³/mol. The Labute approximate surface area is 221 Å². The van der Waals surface area contributed by atoms with Gasteiger partial charge in [0.25, 0.3) is 5.91 Å². The van der Waals surface area contributed by atoms with Gasteiger partial charge in [0.1, 0.15) is 5.82 Å². The number of carbonyl (C=O) groups excluding carboxylic acids is 1. The van der Waals surface area contributed by atoms with E-state index >= 15 is 0 Å². The Morgan fingerprint density at radius 1 is 1.14 bits per heavy atom. The van der Waals surface area contributed by atoms with Crippen LogP contribution in [-0.2, 0) is 6.54 Å². The van der Waals surface area contributed by atoms with Crippen LogP contribution in [0.15, 0.2) is 59.7 Å². The van der Waals surface area contributed by atoms with Crippen molar-refractivity contribution in [2.45, 2.75) is 32.4 Å². The summed E-state index contributed by atoms with van der Waals surface area (Å²) in [6.45, 7) is 4.65. The van der Waals surface area contributed by atoms with Crippen molar-refractivity contribution in [1.82, 2.24) is 25.0 Å². The summed E-state index contributed by atoms with van der Waals surface area (Å²) in [7, 11) is 2.16. The number of hydrogen-bond acceptors (Lipinski definition) is 6. The van der Waals surface area contributed by atoms with E-state index in [-0.39, 0.29) is 5.91 Å². The number of benzene rings is 1. The van der Waals surface area contributed by atoms with Gasteiger partial charge in [-0.05, 0) is 86.1 Å². The summed E-state index contributed by atoms with van der Waals surface area (Å²) >= 11 is 1.61. The number of nitrogens with one attached hydrogen (secondary N) is 1. The Balaban J connectivity index is 1.34. The van der Waals surface area contributed by atoms with E-state index in [1.807, 2.05) is 54.2 Å². The lowest BCUT2D eigenvalue weighted by molar-refractivity contribution is 0.0951. The number of rotatable bonds is 5. The van der Waals surface area contributed by atoms with Crippen LogP contribution in [-0.4, -0.2) is 45.7 Å². The van der Waals surface area contributed by atoms with Crippen molar-refractivity contribution in [1.29, 1.82) is 0 Å². The summed E-state index contributed by atoms with van der Waals surface area (Å²) in [5.41, 5.74) is 12.2. The SMILES string of the molecule is Cc1ccc(C(=O)NCc2ccsc2)cc1C#Cc1cc(-c2cnn(C3CCN(C)CC3)c2)cnc1N. The number of hydrogen-bond donors (Lipinski definition) is 2. The molecule has 0 aliphatic carbocycles. The van der Waals surface area contributed by atoms with E-state index < -0.39 is 0 Å². The van der Waals surface area contributed by atoms with Crippen LogP contribution in [0.5, 0.6) is 0 Å². The lowest BCUT2D eigenvalue weighted by Crippen LogP contribution is -2.31. The predicted octanol–water partition coefficient (Wildman–Crippen LogP) is 4.49. The van der Waals surface area contributed by atoms with E-state index in [9.17, 15) is 4.79 Å². The van der Waals surface area contributed by atoms with Gasteiger partial charge < -0.3 is 16.0 Å². The molecule has 3 N–H and O–H groups in total. The fourth-order valence-corrected chi connectivity index (χ4v) is 5.06. The van der Waals surface area contributed by atoms with Crippen molar-refractivity contribution in [3.05, 3.63) is 87.5 Å². The highest BCUT2D eigenvalue weighted by molar-refractivity contribution is 7.07. The number of pyridine rings is 1. The van der Waals surface area contributed by atoms with Crippen LogP contribution in [0.25, 0.3) is 11.1 Å². The molecule has 1 amide bonds. The molecule has 0 radical (unpaired) electrons. The molecule has 7 nitrogen and oxygen atoms in total. The number of anilines is 1. The molecule has 0 atom stereocenters. The third kappa shape index (κ3) is 5.91. The molecule has 1 aliphatic heterocycles. The van der Waals surface area contributed by atoms with Gasteiger partial charge in [0.05, 0.1) is 17.8 Å². The topological polar surface area (TPSA) is 89.1 Å². The summed E-state index contributed by atoms with van der Waals surface area (Å²) in [6, 6.07) is 9.94. The molecule has 8 heteroatoms. The van der Waals surface area contributed by atoms with E-state index in [0.29, 0.717) is 29.5 Å². The molecular formula is C29H30N6OS. The van der Waals surface area contributed by atoms with E-state index in [0.717, 1.165) is 53.7 Å². The smallest absolute Gasteiger partial charge is 0.251 e. The van der Waals surface area contributed by atoms with E-state index in [4.69, 9.17) is 5.73 Å². The molecule has 0 spiro atoms. The maximum Gasteiger partial charge on any atom is 0.251 e. The minimum atomic E-state index is -0.126. The van der Waals surface area contributed by atoms with Gasteiger partial charge in [0, 0.05) is 41.2 Å². The van der Waals surface area contributed by atoms with Gasteiger partial charge in [-0.25, -0.2) is 4.98 Å². The van der Waals surface area contributed by atoms with Crippen LogP contribution in [0.4, 0.5) is 5.82 Å². The van der Waals surface area contributed by atoms with Crippen LogP contribution in [0, 0.1) is 18.8 Å². The first-order chi connectivity index (χ1) is 18.0. The number of nitrogens with zero attached hydrogens (tertiary/aromatic N) is 4. The molecule has 1 aromatic carbocycles. The third-order valence-electron chi connectivity index (χ3n) is 6.78. The molecule has 5 rings (SSSR count). The molecule has 188 valence electrons. The quantitative estimate of drug-likeness (QED) is 0.386. The highest BCUT2D eigenvalue weighted by atomic mass is 32.1. The van der Waals surface area contributed by atoms with Crippen LogP contribution in [0.2, 0.25) is 0 Å². The summed E-state index contributed by atoms with van der Waals surface area (Å²) in [4.78, 5) is 19.4. The molecule has 1 saturated heterocycles. The molecular weight excluding hydrogens is 480 g/mol. The zero-order chi connectivity index (χ0) is 25.8. The minimum absolute atomic E-state index is 0.126. The Morgan fingerprint density at radius 3 is 2.73 bits per heavy atom. The molecule has 1 fully saturated rings. The molecule has 0 saturated carbocycles. The van der Waals surface area contributed by atoms with Crippen molar-refractivity contribution in [3.63, 3.8) is 0 Å². The minimum Gasteiger partial charge on any atom is -0.383 e. The number of thiophene rings is 1. The lowest BCUT2D eigenvalue weighted by atomic mass is 10.0. The Morgan fingerprint density at radius 2 is 1.95 bits per heavy atom. The Hall–Kier alpha value is -3.93. The van der Waals surface area contributed by atoms with Crippen molar-refractivity contribution >= 4 is 23.1 Å². The fraction of sp³-hybridized carbons (Fsp3) is 0.276. The highest BCUT2D eigenvalue weighted by Crippen LogP contribution is 2.26. The first-order valence-electron chi connectivity index (χ1n) is 12.4. The largest absolute Gasteiger partial charge is 0.383 e. The standard InChI is InChI=1S/C29H30N6OS/c1-20-3-4-24(29(36)32-15-21-9-12-37-19-21)13-22(20)5-6-23-14-25(16-31-28(23)30)26-17-33-35(18-26)27-7-10-34(2)11-8-27/h3-4,9,12-14,16-19,27H,7-8,10-11,15H2,1-2H3,(H2,30,31)(H,32,36). The molecule has 0 unspecified atom stereocenters. The summed E-state index contributed by atoms with van der Waals surface area (Å²) in [5, 5.41) is 11.6. The molecule has 37 heavy (non-hydrogen) atoms. The summed E-state index contributed by atoms with van der Waals surface area (Å²) < 4.78 is 2.07. The lowest BCUT2D eigenvalue weighted by Gasteiger charge is -2.28.